The van der Waals surface area contributed by atoms with Crippen LogP contribution in [0.3, 0.4) is 0 Å². The molecular weight excluding hydrogens is 1280 g/mol. The summed E-state index contributed by atoms with van der Waals surface area (Å²) >= 11 is 0. The van der Waals surface area contributed by atoms with Crippen LogP contribution < -0.4 is 0 Å². The molecule has 5 atom stereocenters. The van der Waals surface area contributed by atoms with Gasteiger partial charge in [0.1, 0.15) is 19.3 Å². The summed E-state index contributed by atoms with van der Waals surface area (Å²) in [5.41, 5.74) is 0. The molecule has 0 fully saturated rings. The Kier molecular flexibility index (Phi) is 69.3. The summed E-state index contributed by atoms with van der Waals surface area (Å²) in [6, 6.07) is 0. The number of hydrogen-bond acceptors (Lipinski definition) is 15. The van der Waals surface area contributed by atoms with Crippen LogP contribution in [0.1, 0.15) is 414 Å². The molecule has 0 radical (unpaired) electrons. The number of carbonyl (C=O) groups is 4. The van der Waals surface area contributed by atoms with Crippen molar-refractivity contribution in [2.24, 2.45) is 11.8 Å². The van der Waals surface area contributed by atoms with Crippen LogP contribution in [0.4, 0.5) is 0 Å². The first-order chi connectivity index (χ1) is 47.4. The lowest BCUT2D eigenvalue weighted by Gasteiger charge is -2.21. The van der Waals surface area contributed by atoms with Crippen molar-refractivity contribution >= 4 is 39.5 Å². The minimum absolute atomic E-state index is 0.107. The van der Waals surface area contributed by atoms with E-state index in [0.29, 0.717) is 25.7 Å². The third-order valence-corrected chi connectivity index (χ3v) is 20.4. The van der Waals surface area contributed by atoms with Crippen LogP contribution in [0.15, 0.2) is 0 Å². The van der Waals surface area contributed by atoms with E-state index in [-0.39, 0.29) is 25.7 Å². The average Bonchev–Trinajstić information content (AvgIpc) is 1.09. The fourth-order valence-electron chi connectivity index (χ4n) is 12.2. The summed E-state index contributed by atoms with van der Waals surface area (Å²) in [6.07, 6.45) is 59.7. The highest BCUT2D eigenvalue weighted by Crippen LogP contribution is 2.45. The zero-order valence-electron chi connectivity index (χ0n) is 64.1. The van der Waals surface area contributed by atoms with Gasteiger partial charge in [-0.15, -0.1) is 0 Å². The highest BCUT2D eigenvalue weighted by Gasteiger charge is 2.30. The Bertz CT molecular complexity index is 1890. The second-order valence-corrected chi connectivity index (χ2v) is 32.3. The molecular formula is C79H154O17P2. The van der Waals surface area contributed by atoms with Crippen LogP contribution in [-0.2, 0) is 65.4 Å². The first kappa shape index (κ1) is 96.1. The molecule has 0 saturated carbocycles. The van der Waals surface area contributed by atoms with E-state index < -0.39 is 97.5 Å². The zero-order valence-corrected chi connectivity index (χ0v) is 65.9. The van der Waals surface area contributed by atoms with Gasteiger partial charge >= 0.3 is 39.5 Å². The third-order valence-electron chi connectivity index (χ3n) is 18.5. The van der Waals surface area contributed by atoms with Gasteiger partial charge in [-0.3, -0.25) is 37.3 Å². The molecule has 0 aromatic rings. The Morgan fingerprint density at radius 1 is 0.276 bits per heavy atom. The van der Waals surface area contributed by atoms with Gasteiger partial charge in [-0.2, -0.15) is 0 Å². The zero-order chi connectivity index (χ0) is 72.1. The van der Waals surface area contributed by atoms with E-state index in [9.17, 15) is 43.2 Å². The number of phosphoric acid groups is 2. The van der Waals surface area contributed by atoms with Gasteiger partial charge in [0.05, 0.1) is 26.4 Å². The standard InChI is InChI=1S/C79H154O17P2/c1-7-9-11-13-15-17-19-21-22-23-24-25-26-27-28-29-33-38-46-52-58-64-79(84)95-74(67-89-76(81)61-55-49-43-36-34-30-31-35-41-47-53-59-71(3)4)69-93-97(85,86)91-65-73(80)66-92-98(87,88)94-70-75(68-90-77(82)62-56-50-44-40-39-42-48-54-60-72(5)6)96-78(83)63-57-51-45-37-32-20-18-16-14-12-10-8-2/h71-75,80H,7-70H2,1-6H3,(H,85,86)(H,87,88)/t73-,74-,75-/m1/s1. The Balaban J connectivity index is 5.21. The molecule has 0 spiro atoms. The molecule has 0 aliphatic heterocycles. The number of aliphatic hydroxyl groups is 1. The predicted octanol–water partition coefficient (Wildman–Crippen LogP) is 23.5. The van der Waals surface area contributed by atoms with Crippen LogP contribution in [0.25, 0.3) is 0 Å². The molecule has 0 aliphatic carbocycles. The Morgan fingerprint density at radius 3 is 0.694 bits per heavy atom. The van der Waals surface area contributed by atoms with Crippen LogP contribution in [0.5, 0.6) is 0 Å². The van der Waals surface area contributed by atoms with Gasteiger partial charge in [-0.05, 0) is 37.5 Å². The molecule has 2 unspecified atom stereocenters. The third kappa shape index (κ3) is 72.4. The fraction of sp³-hybridized carbons (Fsp3) is 0.949. The smallest absolute Gasteiger partial charge is 0.462 e. The molecule has 19 heteroatoms. The summed E-state index contributed by atoms with van der Waals surface area (Å²) in [7, 11) is -9.91. The minimum Gasteiger partial charge on any atom is -0.462 e. The highest BCUT2D eigenvalue weighted by molar-refractivity contribution is 7.47. The van der Waals surface area contributed by atoms with E-state index in [2.05, 4.69) is 41.5 Å². The molecule has 17 nitrogen and oxygen atoms in total. The van der Waals surface area contributed by atoms with E-state index in [0.717, 1.165) is 102 Å². The number of unbranched alkanes of at least 4 members (excludes halogenated alkanes) is 48. The number of esters is 4. The van der Waals surface area contributed by atoms with Crippen molar-refractivity contribution in [1.82, 2.24) is 0 Å². The predicted molar refractivity (Wildman–Crippen MR) is 400 cm³/mol. The van der Waals surface area contributed by atoms with Crippen molar-refractivity contribution in [2.45, 2.75) is 432 Å². The molecule has 0 amide bonds. The average molecular weight is 1440 g/mol. The Labute approximate surface area is 600 Å². The highest BCUT2D eigenvalue weighted by atomic mass is 31.2. The van der Waals surface area contributed by atoms with Crippen LogP contribution in [-0.4, -0.2) is 96.7 Å². The quantitative estimate of drug-likeness (QED) is 0.0222. The normalized spacial score (nSPS) is 13.9. The van der Waals surface area contributed by atoms with Gasteiger partial charge < -0.3 is 33.8 Å². The first-order valence-electron chi connectivity index (χ1n) is 41.0. The molecule has 0 aromatic carbocycles. The largest absolute Gasteiger partial charge is 0.472 e. The first-order valence-corrected chi connectivity index (χ1v) is 44.0. The van der Waals surface area contributed by atoms with Crippen molar-refractivity contribution < 1.29 is 80.2 Å². The van der Waals surface area contributed by atoms with Gasteiger partial charge in [0.15, 0.2) is 12.2 Å². The summed E-state index contributed by atoms with van der Waals surface area (Å²) in [4.78, 5) is 72.9. The molecule has 0 aliphatic rings. The summed E-state index contributed by atoms with van der Waals surface area (Å²) in [5.74, 6) is -0.615. The molecule has 3 N–H and O–H groups in total. The van der Waals surface area contributed by atoms with Crippen LogP contribution in [0, 0.1) is 11.8 Å². The van der Waals surface area contributed by atoms with Gasteiger partial charge in [-0.25, -0.2) is 9.13 Å². The van der Waals surface area contributed by atoms with E-state index >= 15 is 0 Å². The van der Waals surface area contributed by atoms with E-state index in [4.69, 9.17) is 37.0 Å². The maximum Gasteiger partial charge on any atom is 0.472 e. The van der Waals surface area contributed by atoms with Crippen molar-refractivity contribution in [1.29, 1.82) is 0 Å². The topological polar surface area (TPSA) is 237 Å². The molecule has 0 aromatic heterocycles. The molecule has 98 heavy (non-hydrogen) atoms. The molecule has 0 heterocycles. The van der Waals surface area contributed by atoms with Gasteiger partial charge in [0.2, 0.25) is 0 Å². The lowest BCUT2D eigenvalue weighted by atomic mass is 10.0. The van der Waals surface area contributed by atoms with Gasteiger partial charge in [0.25, 0.3) is 0 Å². The number of rotatable bonds is 78. The monoisotopic (exact) mass is 1440 g/mol. The van der Waals surface area contributed by atoms with Crippen molar-refractivity contribution in [3.63, 3.8) is 0 Å². The van der Waals surface area contributed by atoms with E-state index in [1.807, 2.05) is 0 Å². The maximum atomic E-state index is 13.1. The maximum absolute atomic E-state index is 13.1. The number of ether oxygens (including phenoxy) is 4. The van der Waals surface area contributed by atoms with Crippen LogP contribution >= 0.6 is 15.6 Å². The summed E-state index contributed by atoms with van der Waals surface area (Å²) in [5, 5.41) is 10.6. The van der Waals surface area contributed by atoms with E-state index in [1.165, 1.54) is 231 Å². The molecule has 582 valence electrons. The Morgan fingerprint density at radius 2 is 0.469 bits per heavy atom. The second-order valence-electron chi connectivity index (χ2n) is 29.4. The fourth-order valence-corrected chi connectivity index (χ4v) is 13.8. The SMILES string of the molecule is CCCCCCCCCCCCCCCCCCCCCCCC(=O)O[C@H](COC(=O)CCCCCCCCCCCCCC(C)C)COP(=O)(O)OC[C@@H](O)COP(=O)(O)OC[C@@H](COC(=O)CCCCCCCCCCC(C)C)OC(=O)CCCCCCCCCCCCCC. The molecule has 0 bridgehead atoms. The van der Waals surface area contributed by atoms with Gasteiger partial charge in [-0.1, -0.05) is 363 Å². The molecule has 0 saturated heterocycles. The van der Waals surface area contributed by atoms with Gasteiger partial charge in [0, 0.05) is 25.7 Å². The summed E-state index contributed by atoms with van der Waals surface area (Å²) < 4.78 is 68.6. The van der Waals surface area contributed by atoms with Crippen LogP contribution in [0.2, 0.25) is 0 Å². The lowest BCUT2D eigenvalue weighted by molar-refractivity contribution is -0.161. The Hall–Kier alpha value is -1.94. The van der Waals surface area contributed by atoms with Crippen molar-refractivity contribution in [2.75, 3.05) is 39.6 Å². The van der Waals surface area contributed by atoms with E-state index in [1.54, 1.807) is 0 Å². The number of carbonyl (C=O) groups excluding carboxylic acids is 4. The number of aliphatic hydroxyl groups excluding tert-OH is 1. The second kappa shape index (κ2) is 70.7. The molecule has 0 rings (SSSR count). The minimum atomic E-state index is -4.96. The number of hydrogen-bond donors (Lipinski definition) is 3. The summed E-state index contributed by atoms with van der Waals surface area (Å²) in [6.45, 7) is 9.58. The number of phosphoric ester groups is 2. The lowest BCUT2D eigenvalue weighted by Crippen LogP contribution is -2.30. The van der Waals surface area contributed by atoms with Crippen molar-refractivity contribution in [3.8, 4) is 0 Å². The van der Waals surface area contributed by atoms with Crippen molar-refractivity contribution in [3.05, 3.63) is 0 Å².